The van der Waals surface area contributed by atoms with E-state index in [1.165, 1.54) is 13.7 Å². The van der Waals surface area contributed by atoms with E-state index in [0.29, 0.717) is 98.0 Å². The number of hydrogen-bond acceptors (Lipinski definition) is 15. The lowest BCUT2D eigenvalue weighted by atomic mass is 10.2. The summed E-state index contributed by atoms with van der Waals surface area (Å²) in [6.07, 6.45) is 25.5. The van der Waals surface area contributed by atoms with Crippen molar-refractivity contribution < 1.29 is 28.6 Å². The number of aliphatic imine (C=N–C) groups is 6. The number of carbonyl (C=O) groups is 3. The third-order valence-corrected chi connectivity index (χ3v) is 12.6. The second-order valence-corrected chi connectivity index (χ2v) is 19.6. The molecule has 0 saturated carbocycles. The number of alkyl carbamates (subject to hydrolysis) is 3. The van der Waals surface area contributed by atoms with Crippen LogP contribution in [0.15, 0.2) is 44.3 Å². The van der Waals surface area contributed by atoms with E-state index in [1.807, 2.05) is 0 Å². The summed E-state index contributed by atoms with van der Waals surface area (Å²) in [6, 6.07) is 8.39. The molecule has 21 nitrogen and oxygen atoms in total. The molecule has 1 heterocycles. The Kier molecular flexibility index (Phi) is 48.2. The van der Waals surface area contributed by atoms with Crippen LogP contribution in [0.2, 0.25) is 0 Å². The predicted molar refractivity (Wildman–Crippen MR) is 312 cm³/mol. The normalized spacial score (nSPS) is 10.7. The molecule has 21 heteroatoms. The van der Waals surface area contributed by atoms with Gasteiger partial charge in [0.2, 0.25) is 0 Å². The Bertz CT molecular complexity index is 1810. The van der Waals surface area contributed by atoms with E-state index in [0.717, 1.165) is 173 Å². The van der Waals surface area contributed by atoms with Gasteiger partial charge in [-0.1, -0.05) is 117 Å². The summed E-state index contributed by atoms with van der Waals surface area (Å²) in [5.74, 6) is 0. The summed E-state index contributed by atoms with van der Waals surface area (Å²) in [5.41, 5.74) is -1.64. The highest BCUT2D eigenvalue weighted by atomic mass is 16.6. The van der Waals surface area contributed by atoms with Crippen LogP contribution in [-0.2, 0) is 33.8 Å². The summed E-state index contributed by atoms with van der Waals surface area (Å²) < 4.78 is 19.0. The molecular weight excluding hydrogens is 997 g/mol. The second kappa shape index (κ2) is 53.4. The van der Waals surface area contributed by atoms with Gasteiger partial charge in [0.1, 0.15) is 0 Å². The van der Waals surface area contributed by atoms with Crippen LogP contribution in [0, 0.1) is 0 Å². The number of aromatic nitrogens is 3. The van der Waals surface area contributed by atoms with E-state index >= 15 is 0 Å². The van der Waals surface area contributed by atoms with E-state index in [2.05, 4.69) is 84.7 Å². The highest BCUT2D eigenvalue weighted by Crippen LogP contribution is 2.06. The Hall–Kier alpha value is -5.64. The lowest BCUT2D eigenvalue weighted by molar-refractivity contribution is 0.143. The molecule has 0 aliphatic rings. The fourth-order valence-corrected chi connectivity index (χ4v) is 7.81. The van der Waals surface area contributed by atoms with Crippen molar-refractivity contribution >= 4 is 36.3 Å². The van der Waals surface area contributed by atoms with Gasteiger partial charge in [-0.25, -0.2) is 72.4 Å². The third-order valence-electron chi connectivity index (χ3n) is 12.6. The second-order valence-electron chi connectivity index (χ2n) is 19.6. The molecule has 1 aromatic rings. The molecule has 0 aromatic carbocycles. The molecule has 1 aromatic heterocycles. The Morgan fingerprint density at radius 1 is 0.333 bits per heavy atom. The van der Waals surface area contributed by atoms with Crippen molar-refractivity contribution in [1.29, 1.82) is 0 Å². The summed E-state index contributed by atoms with van der Waals surface area (Å²) in [7, 11) is 0. The van der Waals surface area contributed by atoms with Crippen LogP contribution >= 0.6 is 0 Å². The summed E-state index contributed by atoms with van der Waals surface area (Å²) in [6.45, 7) is 13.9. The summed E-state index contributed by atoms with van der Waals surface area (Å²) in [4.78, 5) is 102. The van der Waals surface area contributed by atoms with Crippen molar-refractivity contribution in [3.63, 3.8) is 0 Å². The lowest BCUT2D eigenvalue weighted by Gasteiger charge is -2.14. The summed E-state index contributed by atoms with van der Waals surface area (Å²) >= 11 is 0. The Morgan fingerprint density at radius 2 is 0.551 bits per heavy atom. The lowest BCUT2D eigenvalue weighted by Crippen LogP contribution is -2.54. The first-order valence-electron chi connectivity index (χ1n) is 30.2. The van der Waals surface area contributed by atoms with E-state index in [1.54, 1.807) is 0 Å². The molecular formula is C57H102N12O9. The number of nitrogens with one attached hydrogen (secondary N) is 3. The molecule has 444 valence electrons. The van der Waals surface area contributed by atoms with Crippen molar-refractivity contribution in [3.05, 3.63) is 31.5 Å². The zero-order chi connectivity index (χ0) is 56.6. The number of carbonyl (C=O) groups excluding carboxylic acids is 3. The van der Waals surface area contributed by atoms with Gasteiger partial charge in [-0.3, -0.25) is 0 Å². The molecule has 0 spiro atoms. The van der Waals surface area contributed by atoms with Gasteiger partial charge in [0.15, 0.2) is 0 Å². The van der Waals surface area contributed by atoms with Crippen molar-refractivity contribution in [2.75, 3.05) is 78.7 Å². The van der Waals surface area contributed by atoms with Crippen LogP contribution in [0.3, 0.4) is 0 Å². The van der Waals surface area contributed by atoms with Crippen LogP contribution in [-0.4, -0.2) is 129 Å². The van der Waals surface area contributed by atoms with Gasteiger partial charge in [-0.05, 0) is 96.3 Å². The van der Waals surface area contributed by atoms with Crippen LogP contribution in [0.4, 0.5) is 14.4 Å². The van der Waals surface area contributed by atoms with Crippen LogP contribution in [0.1, 0.15) is 213 Å². The number of nitrogens with zero attached hydrogens (tertiary/aromatic N) is 9. The quantitative estimate of drug-likeness (QED) is 0.0318. The maximum Gasteiger partial charge on any atom is 0.407 e. The average Bonchev–Trinajstić information content (AvgIpc) is 3.44. The Morgan fingerprint density at radius 3 is 0.782 bits per heavy atom. The van der Waals surface area contributed by atoms with E-state index in [9.17, 15) is 28.8 Å². The van der Waals surface area contributed by atoms with Crippen molar-refractivity contribution in [1.82, 2.24) is 29.7 Å². The zero-order valence-electron chi connectivity index (χ0n) is 48.5. The highest BCUT2D eigenvalue weighted by Gasteiger charge is 2.15. The molecule has 0 atom stereocenters. The van der Waals surface area contributed by atoms with Gasteiger partial charge in [-0.2, -0.15) is 0 Å². The average molecular weight is 1100 g/mol. The molecule has 0 aliphatic carbocycles. The fraction of sp³-hybridized carbons (Fsp3) is 0.842. The minimum atomic E-state index is -0.547. The first kappa shape index (κ1) is 70.4. The van der Waals surface area contributed by atoms with Gasteiger partial charge in [0, 0.05) is 78.5 Å². The maximum absolute atomic E-state index is 13.7. The van der Waals surface area contributed by atoms with E-state index in [4.69, 9.17) is 14.2 Å². The Balaban J connectivity index is 2.57. The number of ether oxygens (including phenoxy) is 3. The molecule has 0 aliphatic heterocycles. The molecule has 78 heavy (non-hydrogen) atoms. The minimum Gasteiger partial charge on any atom is -0.450 e. The van der Waals surface area contributed by atoms with Crippen LogP contribution in [0.25, 0.3) is 0 Å². The monoisotopic (exact) mass is 1100 g/mol. The number of rotatable bonds is 51. The molecule has 3 amide bonds. The predicted octanol–water partition coefficient (Wildman–Crippen LogP) is 10.6. The van der Waals surface area contributed by atoms with Gasteiger partial charge in [0.05, 0.1) is 37.8 Å². The largest absolute Gasteiger partial charge is 0.450 e. The first-order chi connectivity index (χ1) is 38.3. The van der Waals surface area contributed by atoms with Gasteiger partial charge >= 0.3 is 35.3 Å². The topological polar surface area (TPSA) is 255 Å². The first-order valence-corrected chi connectivity index (χ1v) is 30.2. The molecule has 0 bridgehead atoms. The van der Waals surface area contributed by atoms with E-state index in [-0.39, 0.29) is 37.9 Å². The summed E-state index contributed by atoms with van der Waals surface area (Å²) in [5, 5.41) is 8.34. The van der Waals surface area contributed by atoms with Crippen LogP contribution in [0.5, 0.6) is 0 Å². The third kappa shape index (κ3) is 41.5. The molecule has 3 N–H and O–H groups in total. The number of hydrogen-bond donors (Lipinski definition) is 3. The van der Waals surface area contributed by atoms with Crippen molar-refractivity contribution in [3.8, 4) is 0 Å². The highest BCUT2D eigenvalue weighted by molar-refractivity contribution is 5.67. The fourth-order valence-electron chi connectivity index (χ4n) is 7.81. The smallest absolute Gasteiger partial charge is 0.407 e. The van der Waals surface area contributed by atoms with Crippen LogP contribution < -0.4 is 33.0 Å². The molecule has 0 fully saturated rings. The zero-order valence-corrected chi connectivity index (χ0v) is 48.5. The number of amides is 3. The number of unbranched alkanes of at least 4 members (excludes halogenated alkanes) is 21. The standard InChI is InChI=1S/C57H102N12O9/c1-4-7-46-76-52(70)64-40-28-13-10-22-34-58-49-61-37-25-16-19-31-43-67-55(73)68(44-32-20-17-26-38-62-50-59-35-23-11-14-29-41-65-53(71)77-47-8-5-2)57(75)69(56(67)74)45-33-21-18-27-39-63-51-60-36-24-12-15-30-42-66-54(72)78-48-9-6-3/h4-48H2,1-3H3,(H,64,70)(H,65,71)(H,66,72). The minimum absolute atomic E-state index is 0.240. The van der Waals surface area contributed by atoms with E-state index < -0.39 is 17.1 Å². The SMILES string of the molecule is CCCCOC(=O)NCCCCCCN=C=NCCCCCCn1c(=O)n(CCCCCCN=C=NCCCCCCNC(=O)OCCCC)c(=O)n(CCCCCCN=C=NCCCCCCNC(=O)OCCCC)c1=O. The van der Waals surface area contributed by atoms with Crippen molar-refractivity contribution in [2.45, 2.75) is 233 Å². The molecule has 0 unspecified atom stereocenters. The molecule has 0 saturated heterocycles. The van der Waals surface area contributed by atoms with Gasteiger partial charge < -0.3 is 30.2 Å². The van der Waals surface area contributed by atoms with Crippen molar-refractivity contribution in [2.24, 2.45) is 30.0 Å². The Labute approximate surface area is 466 Å². The van der Waals surface area contributed by atoms with Gasteiger partial charge in [0.25, 0.3) is 0 Å². The molecule has 0 radical (unpaired) electrons. The molecule has 1 rings (SSSR count). The van der Waals surface area contributed by atoms with Gasteiger partial charge in [-0.15, -0.1) is 0 Å². The maximum atomic E-state index is 13.7.